The van der Waals surface area contributed by atoms with Crippen LogP contribution in [0.5, 0.6) is 0 Å². The fourth-order valence-electron chi connectivity index (χ4n) is 2.48. The molecule has 0 amide bonds. The molecule has 1 aromatic carbocycles. The average molecular weight is 401 g/mol. The summed E-state index contributed by atoms with van der Waals surface area (Å²) in [4.78, 5) is 4.10. The molecular formula is C17H28N4O3S2. The Balaban J connectivity index is 1.60. The molecule has 26 heavy (non-hydrogen) atoms. The van der Waals surface area contributed by atoms with E-state index in [1.54, 1.807) is 23.1 Å². The van der Waals surface area contributed by atoms with E-state index in [9.17, 15) is 8.42 Å². The van der Waals surface area contributed by atoms with Crippen LogP contribution in [0.1, 0.15) is 5.56 Å². The molecule has 0 aromatic heterocycles. The number of thioether (sulfide) groups is 1. The Kier molecular flexibility index (Phi) is 9.24. The minimum Gasteiger partial charge on any atom is -0.375 e. The Labute approximate surface area is 160 Å². The van der Waals surface area contributed by atoms with Crippen LogP contribution >= 0.6 is 11.8 Å². The minimum absolute atomic E-state index is 0.0723. The van der Waals surface area contributed by atoms with Crippen molar-refractivity contribution in [1.82, 2.24) is 14.9 Å². The maximum absolute atomic E-state index is 12.3. The molecule has 0 atom stereocenters. The highest BCUT2D eigenvalue weighted by atomic mass is 32.2. The molecular weight excluding hydrogens is 372 g/mol. The molecule has 2 N–H and O–H groups in total. The molecule has 1 fully saturated rings. The lowest BCUT2D eigenvalue weighted by Gasteiger charge is -2.25. The summed E-state index contributed by atoms with van der Waals surface area (Å²) in [5.41, 5.74) is 1.14. The van der Waals surface area contributed by atoms with Crippen molar-refractivity contribution in [3.63, 3.8) is 0 Å². The molecule has 0 radical (unpaired) electrons. The number of sulfonamides is 1. The Morgan fingerprint density at radius 1 is 1.19 bits per heavy atom. The second-order valence-corrected chi connectivity index (χ2v) is 9.10. The van der Waals surface area contributed by atoms with Crippen molar-refractivity contribution in [2.45, 2.75) is 6.61 Å². The summed E-state index contributed by atoms with van der Waals surface area (Å²) in [6.45, 7) is 3.26. The molecule has 1 heterocycles. The largest absolute Gasteiger partial charge is 0.375 e. The van der Waals surface area contributed by atoms with Crippen molar-refractivity contribution in [3.05, 3.63) is 35.9 Å². The molecule has 1 aliphatic heterocycles. The molecule has 7 nitrogen and oxygen atoms in total. The molecule has 0 bridgehead atoms. The maximum Gasteiger partial charge on any atom is 0.215 e. The van der Waals surface area contributed by atoms with Crippen LogP contribution in [-0.4, -0.2) is 75.8 Å². The number of aliphatic imine (C=N–C) groups is 1. The van der Waals surface area contributed by atoms with Crippen molar-refractivity contribution in [2.24, 2.45) is 4.99 Å². The zero-order valence-electron chi connectivity index (χ0n) is 15.2. The lowest BCUT2D eigenvalue weighted by atomic mass is 10.2. The van der Waals surface area contributed by atoms with Crippen LogP contribution in [0.15, 0.2) is 35.3 Å². The van der Waals surface area contributed by atoms with Gasteiger partial charge in [0, 0.05) is 44.7 Å². The fraction of sp³-hybridized carbons (Fsp3) is 0.588. The van der Waals surface area contributed by atoms with Crippen molar-refractivity contribution in [1.29, 1.82) is 0 Å². The number of guanidine groups is 1. The molecule has 0 saturated carbocycles. The minimum atomic E-state index is -3.20. The van der Waals surface area contributed by atoms with Crippen LogP contribution in [-0.2, 0) is 21.4 Å². The van der Waals surface area contributed by atoms with E-state index in [-0.39, 0.29) is 5.75 Å². The van der Waals surface area contributed by atoms with E-state index in [0.717, 1.165) is 17.1 Å². The van der Waals surface area contributed by atoms with Gasteiger partial charge in [0.15, 0.2) is 5.96 Å². The van der Waals surface area contributed by atoms with Crippen LogP contribution in [0.2, 0.25) is 0 Å². The third-order valence-electron chi connectivity index (χ3n) is 3.89. The first kappa shape index (κ1) is 21.0. The van der Waals surface area contributed by atoms with Gasteiger partial charge in [-0.25, -0.2) is 12.7 Å². The highest BCUT2D eigenvalue weighted by Gasteiger charge is 2.23. The SMILES string of the molecule is CN=C(NCCOCc1ccccc1)NCCS(=O)(=O)N1CCSCC1. The third kappa shape index (κ3) is 7.53. The van der Waals surface area contributed by atoms with Gasteiger partial charge < -0.3 is 15.4 Å². The fourth-order valence-corrected chi connectivity index (χ4v) is 4.97. The maximum atomic E-state index is 12.3. The van der Waals surface area contributed by atoms with Gasteiger partial charge >= 0.3 is 0 Å². The Morgan fingerprint density at radius 3 is 2.58 bits per heavy atom. The zero-order chi connectivity index (χ0) is 18.7. The molecule has 2 rings (SSSR count). The second-order valence-electron chi connectivity index (χ2n) is 5.79. The van der Waals surface area contributed by atoms with Crippen molar-refractivity contribution in [3.8, 4) is 0 Å². The van der Waals surface area contributed by atoms with E-state index >= 15 is 0 Å². The van der Waals surface area contributed by atoms with Gasteiger partial charge in [-0.1, -0.05) is 30.3 Å². The van der Waals surface area contributed by atoms with Gasteiger partial charge in [-0.15, -0.1) is 0 Å². The van der Waals surface area contributed by atoms with Crippen molar-refractivity contribution < 1.29 is 13.2 Å². The lowest BCUT2D eigenvalue weighted by molar-refractivity contribution is 0.125. The Morgan fingerprint density at radius 2 is 1.88 bits per heavy atom. The topological polar surface area (TPSA) is 83.0 Å². The van der Waals surface area contributed by atoms with Gasteiger partial charge in [0.25, 0.3) is 0 Å². The number of nitrogens with one attached hydrogen (secondary N) is 2. The number of ether oxygens (including phenoxy) is 1. The van der Waals surface area contributed by atoms with E-state index in [1.807, 2.05) is 30.3 Å². The standard InChI is InChI=1S/C17H28N4O3S2/c1-18-17(19-7-11-24-15-16-5-3-2-4-6-16)20-8-14-26(22,23)21-9-12-25-13-10-21/h2-6H,7-15H2,1H3,(H2,18,19,20). The summed E-state index contributed by atoms with van der Waals surface area (Å²) < 4.78 is 31.8. The summed E-state index contributed by atoms with van der Waals surface area (Å²) >= 11 is 1.80. The molecule has 1 aliphatic rings. The van der Waals surface area contributed by atoms with Gasteiger partial charge in [-0.05, 0) is 5.56 Å². The molecule has 9 heteroatoms. The van der Waals surface area contributed by atoms with Crippen LogP contribution in [0.3, 0.4) is 0 Å². The average Bonchev–Trinajstić information content (AvgIpc) is 2.68. The predicted molar refractivity (Wildman–Crippen MR) is 108 cm³/mol. The summed E-state index contributed by atoms with van der Waals surface area (Å²) in [5.74, 6) is 2.40. The van der Waals surface area contributed by atoms with Gasteiger partial charge in [-0.2, -0.15) is 11.8 Å². The predicted octanol–water partition coefficient (Wildman–Crippen LogP) is 0.747. The number of nitrogens with zero attached hydrogens (tertiary/aromatic N) is 2. The van der Waals surface area contributed by atoms with Crippen LogP contribution in [0.4, 0.5) is 0 Å². The summed E-state index contributed by atoms with van der Waals surface area (Å²) in [5, 5.41) is 6.17. The highest BCUT2D eigenvalue weighted by Crippen LogP contribution is 2.12. The first-order chi connectivity index (χ1) is 12.6. The smallest absolute Gasteiger partial charge is 0.215 e. The number of benzene rings is 1. The highest BCUT2D eigenvalue weighted by molar-refractivity contribution is 7.99. The van der Waals surface area contributed by atoms with E-state index in [2.05, 4.69) is 15.6 Å². The van der Waals surface area contributed by atoms with Crippen molar-refractivity contribution in [2.75, 3.05) is 57.1 Å². The number of hydrogen-bond acceptors (Lipinski definition) is 5. The van der Waals surface area contributed by atoms with Crippen LogP contribution in [0.25, 0.3) is 0 Å². The number of hydrogen-bond donors (Lipinski definition) is 2. The van der Waals surface area contributed by atoms with Gasteiger partial charge in [0.1, 0.15) is 0 Å². The van der Waals surface area contributed by atoms with Gasteiger partial charge in [0.2, 0.25) is 10.0 Å². The normalized spacial score (nSPS) is 16.4. The first-order valence-electron chi connectivity index (χ1n) is 8.73. The summed E-state index contributed by atoms with van der Waals surface area (Å²) in [7, 11) is -1.53. The van der Waals surface area contributed by atoms with Crippen LogP contribution in [0, 0.1) is 0 Å². The molecule has 0 spiro atoms. The van der Waals surface area contributed by atoms with Crippen molar-refractivity contribution >= 4 is 27.7 Å². The Bertz CT molecular complexity index is 647. The second kappa shape index (κ2) is 11.4. The first-order valence-corrected chi connectivity index (χ1v) is 11.5. The van der Waals surface area contributed by atoms with E-state index in [4.69, 9.17) is 4.74 Å². The molecule has 0 unspecified atom stereocenters. The quantitative estimate of drug-likeness (QED) is 0.362. The third-order valence-corrected chi connectivity index (χ3v) is 6.70. The van der Waals surface area contributed by atoms with Gasteiger partial charge in [-0.3, -0.25) is 4.99 Å². The van der Waals surface area contributed by atoms with Crippen LogP contribution < -0.4 is 10.6 Å². The number of rotatable bonds is 9. The molecule has 1 aromatic rings. The summed E-state index contributed by atoms with van der Waals surface area (Å²) in [6, 6.07) is 9.99. The van der Waals surface area contributed by atoms with E-state index < -0.39 is 10.0 Å². The van der Waals surface area contributed by atoms with E-state index in [0.29, 0.717) is 45.4 Å². The zero-order valence-corrected chi connectivity index (χ0v) is 16.8. The molecule has 1 saturated heterocycles. The molecule has 0 aliphatic carbocycles. The van der Waals surface area contributed by atoms with E-state index in [1.165, 1.54) is 0 Å². The van der Waals surface area contributed by atoms with Gasteiger partial charge in [0.05, 0.1) is 19.0 Å². The Hall–Kier alpha value is -1.29. The lowest BCUT2D eigenvalue weighted by Crippen LogP contribution is -2.44. The summed E-state index contributed by atoms with van der Waals surface area (Å²) in [6.07, 6.45) is 0. The monoisotopic (exact) mass is 400 g/mol. The molecule has 146 valence electrons.